The molecule has 2 rings (SSSR count). The van der Waals surface area contributed by atoms with Gasteiger partial charge >= 0.3 is 0 Å². The van der Waals surface area contributed by atoms with Crippen molar-refractivity contribution in [2.75, 3.05) is 0 Å². The van der Waals surface area contributed by atoms with Gasteiger partial charge in [0, 0.05) is 18.5 Å². The topological polar surface area (TPSA) is 172 Å². The number of rotatable bonds is 16. The van der Waals surface area contributed by atoms with E-state index in [-0.39, 0.29) is 17.9 Å². The van der Waals surface area contributed by atoms with Gasteiger partial charge in [-0.15, -0.1) is 0 Å². The molecule has 0 aliphatic carbocycles. The molecule has 228 valence electrons. The average Bonchev–Trinajstić information content (AvgIpc) is 2.93. The Kier molecular flexibility index (Phi) is 13.2. The highest BCUT2D eigenvalue weighted by atomic mass is 19.1. The van der Waals surface area contributed by atoms with Crippen molar-refractivity contribution < 1.29 is 43.9 Å². The van der Waals surface area contributed by atoms with Crippen LogP contribution in [0.4, 0.5) is 8.78 Å². The lowest BCUT2D eigenvalue weighted by atomic mass is 9.88. The number of aliphatic hydroxyl groups is 5. The van der Waals surface area contributed by atoms with Crippen molar-refractivity contribution >= 4 is 11.8 Å². The van der Waals surface area contributed by atoms with Crippen LogP contribution in [-0.2, 0) is 4.79 Å². The fraction of sp³-hybridized carbons (Fsp3) is 0.552. The SMILES string of the molecule is CCCC(CCC)CC[C@@H](NC(=O)c1cccnc1)C(=O)N[C@](O)(C(O)c1cc(F)cc(F)c1)[C@@H](O)[C@H](O)[C@@H](C)O. The molecule has 0 radical (unpaired) electrons. The van der Waals surface area contributed by atoms with E-state index in [0.717, 1.165) is 32.6 Å². The van der Waals surface area contributed by atoms with Crippen LogP contribution in [0.5, 0.6) is 0 Å². The number of hydrogen-bond acceptors (Lipinski definition) is 8. The molecule has 1 aromatic heterocycles. The number of carbonyl (C=O) groups excluding carboxylic acids is 2. The van der Waals surface area contributed by atoms with Crippen molar-refractivity contribution in [3.63, 3.8) is 0 Å². The predicted molar refractivity (Wildman–Crippen MR) is 146 cm³/mol. The first-order valence-electron chi connectivity index (χ1n) is 13.8. The Morgan fingerprint density at radius 3 is 2.10 bits per heavy atom. The van der Waals surface area contributed by atoms with Crippen LogP contribution in [0.25, 0.3) is 0 Å². The van der Waals surface area contributed by atoms with E-state index in [0.29, 0.717) is 24.6 Å². The molecule has 41 heavy (non-hydrogen) atoms. The third kappa shape index (κ3) is 9.50. The van der Waals surface area contributed by atoms with Gasteiger partial charge in [-0.05, 0) is 55.5 Å². The summed E-state index contributed by atoms with van der Waals surface area (Å²) in [5, 5.41) is 58.1. The Hall–Kier alpha value is -3.03. The van der Waals surface area contributed by atoms with Gasteiger partial charge in [0.25, 0.3) is 5.91 Å². The first kappa shape index (κ1) is 34.2. The first-order valence-corrected chi connectivity index (χ1v) is 13.8. The zero-order chi connectivity index (χ0) is 30.7. The van der Waals surface area contributed by atoms with Crippen molar-refractivity contribution in [1.29, 1.82) is 0 Å². The number of amides is 2. The molecule has 2 amide bonds. The number of pyridine rings is 1. The van der Waals surface area contributed by atoms with Gasteiger partial charge in [0.05, 0.1) is 11.7 Å². The lowest BCUT2D eigenvalue weighted by Gasteiger charge is -2.41. The normalized spacial score (nSPS) is 16.8. The molecule has 1 aromatic carbocycles. The van der Waals surface area contributed by atoms with Gasteiger partial charge in [0.2, 0.25) is 5.91 Å². The molecule has 12 heteroatoms. The summed E-state index contributed by atoms with van der Waals surface area (Å²) in [5.41, 5.74) is -3.57. The summed E-state index contributed by atoms with van der Waals surface area (Å²) >= 11 is 0. The molecule has 10 nitrogen and oxygen atoms in total. The van der Waals surface area contributed by atoms with E-state index < -0.39 is 65.2 Å². The second kappa shape index (κ2) is 15.8. The summed E-state index contributed by atoms with van der Waals surface area (Å²) in [4.78, 5) is 30.4. The predicted octanol–water partition coefficient (Wildman–Crippen LogP) is 2.10. The summed E-state index contributed by atoms with van der Waals surface area (Å²) in [7, 11) is 0. The number of aliphatic hydroxyl groups excluding tert-OH is 4. The summed E-state index contributed by atoms with van der Waals surface area (Å²) < 4.78 is 27.9. The van der Waals surface area contributed by atoms with Gasteiger partial charge < -0.3 is 36.2 Å². The maximum absolute atomic E-state index is 13.9. The summed E-state index contributed by atoms with van der Waals surface area (Å²) in [6.07, 6.45) is -1.59. The number of benzene rings is 1. The third-order valence-corrected chi connectivity index (χ3v) is 7.01. The highest BCUT2D eigenvalue weighted by Gasteiger charge is 2.50. The number of halogens is 2. The van der Waals surface area contributed by atoms with Crippen molar-refractivity contribution in [1.82, 2.24) is 15.6 Å². The molecule has 1 unspecified atom stereocenters. The number of nitrogens with one attached hydrogen (secondary N) is 2. The quantitative estimate of drug-likeness (QED) is 0.148. The van der Waals surface area contributed by atoms with E-state index in [1.807, 2.05) is 13.8 Å². The van der Waals surface area contributed by atoms with E-state index in [2.05, 4.69) is 15.6 Å². The molecular weight excluding hydrogens is 540 g/mol. The van der Waals surface area contributed by atoms with Gasteiger partial charge in [-0.1, -0.05) is 39.5 Å². The Labute approximate surface area is 238 Å². The van der Waals surface area contributed by atoms with E-state index in [9.17, 15) is 43.9 Å². The van der Waals surface area contributed by atoms with Crippen LogP contribution >= 0.6 is 0 Å². The van der Waals surface area contributed by atoms with Crippen molar-refractivity contribution in [3.05, 3.63) is 65.5 Å². The maximum atomic E-state index is 13.9. The molecule has 2 aromatic rings. The van der Waals surface area contributed by atoms with E-state index in [1.54, 1.807) is 0 Å². The minimum Gasteiger partial charge on any atom is -0.391 e. The largest absolute Gasteiger partial charge is 0.391 e. The average molecular weight is 582 g/mol. The molecule has 0 fully saturated rings. The van der Waals surface area contributed by atoms with Crippen LogP contribution < -0.4 is 10.6 Å². The lowest BCUT2D eigenvalue weighted by Crippen LogP contribution is -2.67. The van der Waals surface area contributed by atoms with Crippen molar-refractivity contribution in [3.8, 4) is 0 Å². The Bertz CT molecular complexity index is 1100. The van der Waals surface area contributed by atoms with Gasteiger partial charge in [-0.3, -0.25) is 14.6 Å². The van der Waals surface area contributed by atoms with Crippen LogP contribution in [0.1, 0.15) is 81.3 Å². The fourth-order valence-electron chi connectivity index (χ4n) is 4.76. The zero-order valence-corrected chi connectivity index (χ0v) is 23.5. The number of hydrogen-bond donors (Lipinski definition) is 7. The Morgan fingerprint density at radius 1 is 0.976 bits per heavy atom. The monoisotopic (exact) mass is 581 g/mol. The van der Waals surface area contributed by atoms with Crippen LogP contribution in [0.3, 0.4) is 0 Å². The van der Waals surface area contributed by atoms with Crippen LogP contribution in [0.2, 0.25) is 0 Å². The van der Waals surface area contributed by atoms with Crippen molar-refractivity contribution in [2.24, 2.45) is 5.92 Å². The minimum atomic E-state index is -3.16. The Balaban J connectivity index is 2.46. The number of carbonyl (C=O) groups is 2. The molecule has 0 aliphatic heterocycles. The van der Waals surface area contributed by atoms with E-state index >= 15 is 0 Å². The molecule has 0 aliphatic rings. The van der Waals surface area contributed by atoms with Crippen LogP contribution in [-0.4, -0.2) is 72.4 Å². The van der Waals surface area contributed by atoms with Crippen molar-refractivity contribution in [2.45, 2.75) is 95.5 Å². The molecule has 0 spiro atoms. The van der Waals surface area contributed by atoms with Gasteiger partial charge in [0.1, 0.15) is 36.0 Å². The standard InChI is InChI=1S/C29H41F2N3O7/c1-4-7-18(8-5-2)10-11-23(33-27(39)19-9-6-12-32-16-19)28(40)34-29(41,26(38)24(36)17(3)35)25(37)20-13-21(30)15-22(31)14-20/h6,9,12-18,23-26,35-38,41H,4-5,7-8,10-11H2,1-3H3,(H,33,39)(H,34,40)/t17-,23-,24-,25?,26+,29+/m1/s1. The molecule has 0 saturated heterocycles. The highest BCUT2D eigenvalue weighted by Crippen LogP contribution is 2.31. The zero-order valence-electron chi connectivity index (χ0n) is 23.5. The molecule has 6 atom stereocenters. The summed E-state index contributed by atoms with van der Waals surface area (Å²) in [5.74, 6) is -3.69. The molecular formula is C29H41F2N3O7. The van der Waals surface area contributed by atoms with Gasteiger partial charge in [-0.25, -0.2) is 8.78 Å². The Morgan fingerprint density at radius 2 is 1.59 bits per heavy atom. The number of aromatic nitrogens is 1. The van der Waals surface area contributed by atoms with Crippen LogP contribution in [0, 0.1) is 17.6 Å². The third-order valence-electron chi connectivity index (χ3n) is 7.01. The smallest absolute Gasteiger partial charge is 0.253 e. The highest BCUT2D eigenvalue weighted by molar-refractivity contribution is 5.97. The van der Waals surface area contributed by atoms with E-state index in [4.69, 9.17) is 0 Å². The second-order valence-corrected chi connectivity index (χ2v) is 10.4. The molecule has 0 bridgehead atoms. The first-order chi connectivity index (χ1) is 19.3. The molecule has 1 heterocycles. The number of nitrogens with zero attached hydrogens (tertiary/aromatic N) is 1. The molecule has 0 saturated carbocycles. The fourth-order valence-corrected chi connectivity index (χ4v) is 4.76. The summed E-state index contributed by atoms with van der Waals surface area (Å²) in [6, 6.07) is 3.58. The second-order valence-electron chi connectivity index (χ2n) is 10.4. The minimum absolute atomic E-state index is 0.109. The molecule has 7 N–H and O–H groups in total. The lowest BCUT2D eigenvalue weighted by molar-refractivity contribution is -0.210. The van der Waals surface area contributed by atoms with Crippen LogP contribution in [0.15, 0.2) is 42.7 Å². The van der Waals surface area contributed by atoms with E-state index in [1.165, 1.54) is 24.5 Å². The summed E-state index contributed by atoms with van der Waals surface area (Å²) in [6.45, 7) is 5.15. The maximum Gasteiger partial charge on any atom is 0.253 e. The van der Waals surface area contributed by atoms with Gasteiger partial charge in [0.15, 0.2) is 5.72 Å². The van der Waals surface area contributed by atoms with Gasteiger partial charge in [-0.2, -0.15) is 0 Å².